The van der Waals surface area contributed by atoms with Gasteiger partial charge in [0.05, 0.1) is 29.6 Å². The topological polar surface area (TPSA) is 84.6 Å². The van der Waals surface area contributed by atoms with Crippen LogP contribution in [0.1, 0.15) is 0 Å². The van der Waals surface area contributed by atoms with Crippen molar-refractivity contribution in [2.45, 2.75) is 4.90 Å². The van der Waals surface area contributed by atoms with Crippen molar-refractivity contribution in [3.05, 3.63) is 71.1 Å². The van der Waals surface area contributed by atoms with Gasteiger partial charge in [-0.1, -0.05) is 36.4 Å². The summed E-state index contributed by atoms with van der Waals surface area (Å²) in [7, 11) is -3.80. The van der Waals surface area contributed by atoms with Gasteiger partial charge in [0.15, 0.2) is 0 Å². The Morgan fingerprint density at radius 1 is 0.960 bits per heavy atom. The van der Waals surface area contributed by atoms with Crippen molar-refractivity contribution in [1.29, 1.82) is 0 Å². The average Bonchev–Trinajstić information content (AvgIpc) is 3.13. The first kappa shape index (κ1) is 15.5. The summed E-state index contributed by atoms with van der Waals surface area (Å²) in [5, 5.41) is 5.27. The van der Waals surface area contributed by atoms with Crippen LogP contribution in [0.25, 0.3) is 10.8 Å². The van der Waals surface area contributed by atoms with Gasteiger partial charge in [0.2, 0.25) is 5.96 Å². The maximum Gasteiger partial charge on any atom is 0.282 e. The number of fused-ring (bicyclic) bond motifs is 1. The summed E-state index contributed by atoms with van der Waals surface area (Å²) in [6.45, 7) is 0.454. The Hall–Kier alpha value is -3.00. The Labute approximate surface area is 143 Å². The van der Waals surface area contributed by atoms with E-state index in [2.05, 4.69) is 10.1 Å². The monoisotopic (exact) mass is 354 g/mol. The molecule has 126 valence electrons. The molecule has 0 atom stereocenters. The maximum absolute atomic E-state index is 12.9. The summed E-state index contributed by atoms with van der Waals surface area (Å²) in [4.78, 5) is 17.1. The van der Waals surface area contributed by atoms with Crippen LogP contribution in [0.2, 0.25) is 0 Å². The Bertz CT molecular complexity index is 1140. The molecule has 25 heavy (non-hydrogen) atoms. The number of hydrogen-bond donors (Lipinski definition) is 0. The molecule has 3 aromatic rings. The first-order valence-corrected chi connectivity index (χ1v) is 9.13. The van der Waals surface area contributed by atoms with E-state index in [4.69, 9.17) is 0 Å². The van der Waals surface area contributed by atoms with Crippen LogP contribution < -0.4 is 5.56 Å². The lowest BCUT2D eigenvalue weighted by Gasteiger charge is -2.20. The number of aliphatic imine (C=N–C) groups is 1. The molecule has 1 aliphatic heterocycles. The van der Waals surface area contributed by atoms with E-state index >= 15 is 0 Å². The lowest BCUT2D eigenvalue weighted by molar-refractivity contribution is 0.529. The molecule has 0 N–H and O–H groups in total. The lowest BCUT2D eigenvalue weighted by atomic mass is 10.2. The highest BCUT2D eigenvalue weighted by atomic mass is 32.2. The third-order valence-corrected chi connectivity index (χ3v) is 5.79. The molecule has 0 amide bonds. The van der Waals surface area contributed by atoms with Crippen LogP contribution in [0.15, 0.2) is 75.5 Å². The SMILES string of the molecule is O=c1c2ccccc2cnn1C1=NCCN1S(=O)(=O)c1ccccc1. The summed E-state index contributed by atoms with van der Waals surface area (Å²) in [5.41, 5.74) is -0.396. The fraction of sp³-hybridized carbons (Fsp3) is 0.118. The molecule has 2 heterocycles. The smallest absolute Gasteiger partial charge is 0.267 e. The van der Waals surface area contributed by atoms with Gasteiger partial charge in [0.25, 0.3) is 15.6 Å². The van der Waals surface area contributed by atoms with Gasteiger partial charge in [-0.15, -0.1) is 0 Å². The molecule has 0 aliphatic carbocycles. The Balaban J connectivity index is 1.84. The Morgan fingerprint density at radius 2 is 1.68 bits per heavy atom. The molecule has 0 spiro atoms. The van der Waals surface area contributed by atoms with Gasteiger partial charge in [-0.2, -0.15) is 9.78 Å². The summed E-state index contributed by atoms with van der Waals surface area (Å²) in [5.74, 6) is 0.0274. The lowest BCUT2D eigenvalue weighted by Crippen LogP contribution is -2.43. The van der Waals surface area contributed by atoms with Gasteiger partial charge in [0, 0.05) is 5.39 Å². The minimum absolute atomic E-state index is 0.0274. The van der Waals surface area contributed by atoms with Crippen LogP contribution in [-0.2, 0) is 10.0 Å². The first-order valence-electron chi connectivity index (χ1n) is 7.69. The average molecular weight is 354 g/mol. The Kier molecular flexibility index (Phi) is 3.61. The normalized spacial score (nSPS) is 14.7. The van der Waals surface area contributed by atoms with E-state index in [0.717, 1.165) is 8.99 Å². The van der Waals surface area contributed by atoms with Crippen molar-refractivity contribution in [3.8, 4) is 0 Å². The molecule has 2 aromatic carbocycles. The maximum atomic E-state index is 12.9. The highest BCUT2D eigenvalue weighted by molar-refractivity contribution is 7.89. The van der Waals surface area contributed by atoms with Gasteiger partial charge >= 0.3 is 0 Å². The molecule has 8 heteroatoms. The van der Waals surface area contributed by atoms with Crippen LogP contribution in [0.5, 0.6) is 0 Å². The highest BCUT2D eigenvalue weighted by Gasteiger charge is 2.32. The third kappa shape index (κ3) is 2.51. The molecule has 0 bridgehead atoms. The van der Waals surface area contributed by atoms with E-state index in [9.17, 15) is 13.2 Å². The molecule has 0 saturated heterocycles. The number of hydrogen-bond acceptors (Lipinski definition) is 5. The third-order valence-electron chi connectivity index (χ3n) is 4.00. The second-order valence-electron chi connectivity index (χ2n) is 5.52. The predicted molar refractivity (Wildman–Crippen MR) is 94.0 cm³/mol. The van der Waals surface area contributed by atoms with Crippen molar-refractivity contribution in [2.75, 3.05) is 13.1 Å². The number of rotatable bonds is 2. The minimum Gasteiger partial charge on any atom is -0.267 e. The molecule has 0 radical (unpaired) electrons. The van der Waals surface area contributed by atoms with Crippen molar-refractivity contribution in [3.63, 3.8) is 0 Å². The van der Waals surface area contributed by atoms with Crippen molar-refractivity contribution < 1.29 is 8.42 Å². The number of nitrogens with zero attached hydrogens (tertiary/aromatic N) is 4. The largest absolute Gasteiger partial charge is 0.282 e. The minimum atomic E-state index is -3.80. The van der Waals surface area contributed by atoms with E-state index < -0.39 is 15.6 Å². The van der Waals surface area contributed by atoms with E-state index in [-0.39, 0.29) is 23.9 Å². The molecule has 0 unspecified atom stereocenters. The van der Waals surface area contributed by atoms with Gasteiger partial charge in [-0.25, -0.2) is 17.7 Å². The van der Waals surface area contributed by atoms with Gasteiger partial charge in [-0.3, -0.25) is 4.79 Å². The second-order valence-corrected chi connectivity index (χ2v) is 7.38. The van der Waals surface area contributed by atoms with Crippen molar-refractivity contribution >= 4 is 26.8 Å². The summed E-state index contributed by atoms with van der Waals surface area (Å²) >= 11 is 0. The van der Waals surface area contributed by atoms with E-state index in [1.807, 2.05) is 6.07 Å². The quantitative estimate of drug-likeness (QED) is 0.694. The zero-order valence-electron chi connectivity index (χ0n) is 13.1. The van der Waals surface area contributed by atoms with E-state index in [1.54, 1.807) is 36.4 Å². The fourth-order valence-corrected chi connectivity index (χ4v) is 4.20. The molecule has 0 saturated carbocycles. The molecule has 1 aromatic heterocycles. The van der Waals surface area contributed by atoms with Crippen molar-refractivity contribution in [1.82, 2.24) is 14.1 Å². The molecule has 1 aliphatic rings. The summed E-state index contributed by atoms with van der Waals surface area (Å²) in [6, 6.07) is 15.1. The highest BCUT2D eigenvalue weighted by Crippen LogP contribution is 2.19. The standard InChI is InChI=1S/C17H14N4O3S/c22-16-15-9-5-4-6-13(15)12-19-21(16)17-18-10-11-20(17)25(23,24)14-7-2-1-3-8-14/h1-9,12H,10-11H2. The van der Waals surface area contributed by atoms with Gasteiger partial charge in [-0.05, 0) is 18.2 Å². The molecular weight excluding hydrogens is 340 g/mol. The van der Waals surface area contributed by atoms with Crippen LogP contribution in [0.4, 0.5) is 0 Å². The molecular formula is C17H14N4O3S. The summed E-state index contributed by atoms with van der Waals surface area (Å²) in [6.07, 6.45) is 1.53. The fourth-order valence-electron chi connectivity index (χ4n) is 2.77. The molecule has 7 nitrogen and oxygen atoms in total. The summed E-state index contributed by atoms with van der Waals surface area (Å²) < 4.78 is 28.0. The zero-order valence-corrected chi connectivity index (χ0v) is 13.9. The molecule has 4 rings (SSSR count). The van der Waals surface area contributed by atoms with Gasteiger partial charge in [0.1, 0.15) is 0 Å². The van der Waals surface area contributed by atoms with E-state index in [0.29, 0.717) is 10.8 Å². The Morgan fingerprint density at radius 3 is 2.48 bits per heavy atom. The van der Waals surface area contributed by atoms with Crippen LogP contribution in [0.3, 0.4) is 0 Å². The predicted octanol–water partition coefficient (Wildman–Crippen LogP) is 1.31. The number of benzene rings is 2. The van der Waals surface area contributed by atoms with Crippen LogP contribution in [-0.4, -0.2) is 41.6 Å². The number of sulfonamides is 1. The van der Waals surface area contributed by atoms with Crippen molar-refractivity contribution in [2.24, 2.45) is 4.99 Å². The number of aromatic nitrogens is 2. The molecule has 0 fully saturated rings. The van der Waals surface area contributed by atoms with E-state index in [1.165, 1.54) is 18.3 Å². The van der Waals surface area contributed by atoms with Gasteiger partial charge < -0.3 is 0 Å². The zero-order chi connectivity index (χ0) is 17.4. The first-order chi connectivity index (χ1) is 12.1. The van der Waals surface area contributed by atoms with Crippen LogP contribution in [0, 0.1) is 0 Å². The second kappa shape index (κ2) is 5.82. The van der Waals surface area contributed by atoms with Crippen LogP contribution >= 0.6 is 0 Å².